The van der Waals surface area contributed by atoms with Crippen molar-refractivity contribution in [2.24, 2.45) is 0 Å². The Hall–Kier alpha value is -2.21. The van der Waals surface area contributed by atoms with E-state index in [1.807, 2.05) is 0 Å². The average molecular weight is 279 g/mol. The minimum atomic E-state index is -1.01. The van der Waals surface area contributed by atoms with Crippen LogP contribution in [0.5, 0.6) is 0 Å². The van der Waals surface area contributed by atoms with Crippen molar-refractivity contribution in [1.82, 2.24) is 4.90 Å². The van der Waals surface area contributed by atoms with Crippen LogP contribution in [0.3, 0.4) is 0 Å². The van der Waals surface area contributed by atoms with Gasteiger partial charge >= 0.3 is 0 Å². The molecule has 5 nitrogen and oxygen atoms in total. The summed E-state index contributed by atoms with van der Waals surface area (Å²) in [6.07, 6.45) is 0. The Morgan fingerprint density at radius 2 is 2.05 bits per heavy atom. The van der Waals surface area contributed by atoms with Crippen molar-refractivity contribution >= 4 is 11.7 Å². The highest BCUT2D eigenvalue weighted by Crippen LogP contribution is 2.38. The molecule has 1 aromatic rings. The van der Waals surface area contributed by atoms with Crippen molar-refractivity contribution in [3.63, 3.8) is 0 Å². The van der Waals surface area contributed by atoms with Crippen LogP contribution in [0.1, 0.15) is 18.5 Å². The topological polar surface area (TPSA) is 77.8 Å². The Bertz CT molecular complexity index is 597. The number of β-amino-alcohol motifs (C(OH)–C–C–N with tert-alkyl or cyclic N) is 1. The third-order valence-corrected chi connectivity index (χ3v) is 3.22. The minimum Gasteiger partial charge on any atom is -0.503 e. The van der Waals surface area contributed by atoms with Gasteiger partial charge in [0.15, 0.2) is 11.5 Å². The minimum absolute atomic E-state index is 0.0985. The zero-order valence-electron chi connectivity index (χ0n) is 10.8. The van der Waals surface area contributed by atoms with Gasteiger partial charge in [0.2, 0.25) is 0 Å². The van der Waals surface area contributed by atoms with Gasteiger partial charge in [0.05, 0.1) is 18.2 Å². The first-order valence-corrected chi connectivity index (χ1v) is 6.09. The Morgan fingerprint density at radius 3 is 2.60 bits per heavy atom. The van der Waals surface area contributed by atoms with Gasteiger partial charge in [-0.1, -0.05) is 18.2 Å². The molecule has 0 spiro atoms. The molecule has 1 aliphatic rings. The van der Waals surface area contributed by atoms with Gasteiger partial charge in [-0.3, -0.25) is 9.59 Å². The molecule has 0 saturated heterocycles. The zero-order chi connectivity index (χ0) is 14.9. The maximum Gasteiger partial charge on any atom is 0.290 e. The predicted octanol–water partition coefficient (Wildman–Crippen LogP) is 1.10. The Balaban J connectivity index is 2.58. The summed E-state index contributed by atoms with van der Waals surface area (Å²) in [5, 5.41) is 18.8. The Labute approximate surface area is 114 Å². The summed E-state index contributed by atoms with van der Waals surface area (Å²) in [5.74, 6) is -2.55. The fraction of sp³-hybridized carbons (Fsp3) is 0.286. The van der Waals surface area contributed by atoms with Crippen molar-refractivity contribution in [1.29, 1.82) is 0 Å². The molecule has 0 fully saturated rings. The van der Waals surface area contributed by atoms with Gasteiger partial charge in [-0.25, -0.2) is 4.39 Å². The summed E-state index contributed by atoms with van der Waals surface area (Å²) >= 11 is 0. The molecule has 1 aliphatic heterocycles. The van der Waals surface area contributed by atoms with E-state index in [2.05, 4.69) is 0 Å². The summed E-state index contributed by atoms with van der Waals surface area (Å²) in [4.78, 5) is 24.7. The molecule has 20 heavy (non-hydrogen) atoms. The summed E-state index contributed by atoms with van der Waals surface area (Å²) < 4.78 is 13.9. The van der Waals surface area contributed by atoms with Crippen LogP contribution in [0.15, 0.2) is 35.6 Å². The van der Waals surface area contributed by atoms with E-state index in [9.17, 15) is 19.1 Å². The van der Waals surface area contributed by atoms with Crippen molar-refractivity contribution in [3.8, 4) is 0 Å². The number of amides is 1. The van der Waals surface area contributed by atoms with Gasteiger partial charge in [0, 0.05) is 12.1 Å². The average Bonchev–Trinajstić information content (AvgIpc) is 2.65. The quantitative estimate of drug-likeness (QED) is 0.865. The smallest absolute Gasteiger partial charge is 0.290 e. The lowest BCUT2D eigenvalue weighted by Gasteiger charge is -2.26. The molecule has 0 bridgehead atoms. The molecule has 0 saturated carbocycles. The van der Waals surface area contributed by atoms with Gasteiger partial charge < -0.3 is 15.1 Å². The van der Waals surface area contributed by atoms with Crippen LogP contribution in [0, 0.1) is 5.82 Å². The fourth-order valence-electron chi connectivity index (χ4n) is 2.37. The standard InChI is InChI=1S/C14H14FNO4/c1-8(18)11-12(9-4-2-3-5-10(9)15)16(6-7-17)14(20)13(11)19/h2-5,12,17,19H,6-7H2,1H3. The number of carbonyl (C=O) groups excluding carboxylic acids is 2. The van der Waals surface area contributed by atoms with E-state index < -0.39 is 29.3 Å². The maximum absolute atomic E-state index is 13.9. The first kappa shape index (κ1) is 14.2. The van der Waals surface area contributed by atoms with E-state index in [0.717, 1.165) is 4.90 Å². The molecule has 0 aromatic heterocycles. The number of halogens is 1. The highest BCUT2D eigenvalue weighted by atomic mass is 19.1. The van der Waals surface area contributed by atoms with E-state index in [1.54, 1.807) is 6.07 Å². The zero-order valence-corrected chi connectivity index (χ0v) is 10.8. The van der Waals surface area contributed by atoms with Crippen molar-refractivity contribution < 1.29 is 24.2 Å². The van der Waals surface area contributed by atoms with Gasteiger partial charge in [-0.15, -0.1) is 0 Å². The number of rotatable bonds is 4. The second-order valence-corrected chi connectivity index (χ2v) is 4.46. The lowest BCUT2D eigenvalue weighted by atomic mass is 9.96. The van der Waals surface area contributed by atoms with Crippen LogP contribution in [0.2, 0.25) is 0 Å². The van der Waals surface area contributed by atoms with Gasteiger partial charge in [0.1, 0.15) is 5.82 Å². The van der Waals surface area contributed by atoms with E-state index in [1.165, 1.54) is 25.1 Å². The number of hydrogen-bond acceptors (Lipinski definition) is 4. The number of ketones is 1. The van der Waals surface area contributed by atoms with Gasteiger partial charge in [0.25, 0.3) is 5.91 Å². The number of carbonyl (C=O) groups is 2. The molecular formula is C14H14FNO4. The van der Waals surface area contributed by atoms with Crippen molar-refractivity contribution in [2.45, 2.75) is 13.0 Å². The van der Waals surface area contributed by atoms with Crippen molar-refractivity contribution in [2.75, 3.05) is 13.2 Å². The molecule has 1 unspecified atom stereocenters. The number of nitrogens with zero attached hydrogens (tertiary/aromatic N) is 1. The molecule has 1 aromatic carbocycles. The molecule has 2 N–H and O–H groups in total. The van der Waals surface area contributed by atoms with Crippen molar-refractivity contribution in [3.05, 3.63) is 47.0 Å². The summed E-state index contributed by atoms with van der Waals surface area (Å²) in [7, 11) is 0. The summed E-state index contributed by atoms with van der Waals surface area (Å²) in [5.41, 5.74) is -0.0305. The van der Waals surface area contributed by atoms with Gasteiger partial charge in [-0.05, 0) is 13.0 Å². The SMILES string of the molecule is CC(=O)C1=C(O)C(=O)N(CCO)C1c1ccccc1F. The largest absolute Gasteiger partial charge is 0.503 e. The monoisotopic (exact) mass is 279 g/mol. The van der Waals surface area contributed by atoms with Gasteiger partial charge in [-0.2, -0.15) is 0 Å². The third kappa shape index (κ3) is 2.18. The number of benzene rings is 1. The number of aliphatic hydroxyl groups excluding tert-OH is 2. The second kappa shape index (κ2) is 5.42. The van der Waals surface area contributed by atoms with E-state index in [4.69, 9.17) is 5.11 Å². The molecule has 1 heterocycles. The first-order chi connectivity index (χ1) is 9.49. The molecule has 1 amide bonds. The van der Waals surface area contributed by atoms with E-state index in [0.29, 0.717) is 0 Å². The number of Topliss-reactive ketones (excluding diaryl/α,β-unsaturated/α-hetero) is 1. The molecule has 1 atom stereocenters. The normalized spacial score (nSPS) is 18.9. The second-order valence-electron chi connectivity index (χ2n) is 4.46. The molecule has 0 radical (unpaired) electrons. The van der Waals surface area contributed by atoms with Crippen LogP contribution in [-0.4, -0.2) is 40.0 Å². The number of hydrogen-bond donors (Lipinski definition) is 2. The lowest BCUT2D eigenvalue weighted by Crippen LogP contribution is -2.33. The maximum atomic E-state index is 13.9. The number of aliphatic hydroxyl groups is 2. The summed E-state index contributed by atoms with van der Waals surface area (Å²) in [6, 6.07) is 4.72. The molecule has 2 rings (SSSR count). The van der Waals surface area contributed by atoms with E-state index in [-0.39, 0.29) is 24.3 Å². The van der Waals surface area contributed by atoms with Crippen LogP contribution in [0.4, 0.5) is 4.39 Å². The van der Waals surface area contributed by atoms with Crippen LogP contribution in [-0.2, 0) is 9.59 Å². The van der Waals surface area contributed by atoms with Crippen LogP contribution in [0.25, 0.3) is 0 Å². The molecular weight excluding hydrogens is 265 g/mol. The highest BCUT2D eigenvalue weighted by molar-refractivity contribution is 6.08. The summed E-state index contributed by atoms with van der Waals surface area (Å²) in [6.45, 7) is 0.753. The van der Waals surface area contributed by atoms with Crippen LogP contribution >= 0.6 is 0 Å². The Morgan fingerprint density at radius 1 is 1.40 bits per heavy atom. The first-order valence-electron chi connectivity index (χ1n) is 6.09. The van der Waals surface area contributed by atoms with E-state index >= 15 is 0 Å². The lowest BCUT2D eigenvalue weighted by molar-refractivity contribution is -0.129. The Kier molecular flexibility index (Phi) is 3.85. The predicted molar refractivity (Wildman–Crippen MR) is 68.3 cm³/mol. The molecule has 106 valence electrons. The highest BCUT2D eigenvalue weighted by Gasteiger charge is 2.42. The molecule has 6 heteroatoms. The molecule has 0 aliphatic carbocycles. The fourth-order valence-corrected chi connectivity index (χ4v) is 2.37. The van der Waals surface area contributed by atoms with Crippen LogP contribution < -0.4 is 0 Å². The third-order valence-electron chi connectivity index (χ3n) is 3.22.